The summed E-state index contributed by atoms with van der Waals surface area (Å²) in [6.07, 6.45) is 5.26. The van der Waals surface area contributed by atoms with E-state index < -0.39 is 5.60 Å². The summed E-state index contributed by atoms with van der Waals surface area (Å²) in [5.74, 6) is 2.14. The summed E-state index contributed by atoms with van der Waals surface area (Å²) in [7, 11) is 1.74. The summed E-state index contributed by atoms with van der Waals surface area (Å²) >= 11 is 0. The van der Waals surface area contributed by atoms with Gasteiger partial charge in [-0.15, -0.1) is 0 Å². The lowest BCUT2D eigenvalue weighted by Gasteiger charge is -2.36. The summed E-state index contributed by atoms with van der Waals surface area (Å²) in [6, 6.07) is -0.198. The molecule has 4 atom stereocenters. The molecule has 0 aliphatic heterocycles. The van der Waals surface area contributed by atoms with E-state index >= 15 is 0 Å². The number of methoxy groups -OCH3 is 1. The lowest BCUT2D eigenvalue weighted by molar-refractivity contribution is -0.0658. The maximum atomic E-state index is 6.17. The van der Waals surface area contributed by atoms with Crippen molar-refractivity contribution in [2.75, 3.05) is 7.11 Å². The van der Waals surface area contributed by atoms with E-state index in [9.17, 15) is 0 Å². The minimum atomic E-state index is -0.394. The van der Waals surface area contributed by atoms with Gasteiger partial charge in [0.25, 0.3) is 0 Å². The standard InChI is InChI=1S/C15H27N3O2/c1-5-11(3)12(16)13-17-14(18-20-13)15(19-4)8-6-7-10(2)9-15/h10-12H,5-9,16H2,1-4H3. The number of hydrogen-bond donors (Lipinski definition) is 1. The molecule has 1 heterocycles. The van der Waals surface area contributed by atoms with Crippen LogP contribution in [0.3, 0.4) is 0 Å². The summed E-state index contributed by atoms with van der Waals surface area (Å²) in [5.41, 5.74) is 5.77. The molecule has 0 bridgehead atoms. The highest BCUT2D eigenvalue weighted by Crippen LogP contribution is 2.41. The maximum Gasteiger partial charge on any atom is 0.243 e. The number of ether oxygens (including phenoxy) is 1. The molecule has 1 fully saturated rings. The zero-order valence-electron chi connectivity index (χ0n) is 13.1. The first-order valence-electron chi connectivity index (χ1n) is 7.67. The normalized spacial score (nSPS) is 30.1. The molecule has 0 amide bonds. The van der Waals surface area contributed by atoms with Gasteiger partial charge in [0, 0.05) is 7.11 Å². The van der Waals surface area contributed by atoms with E-state index in [1.807, 2.05) is 0 Å². The van der Waals surface area contributed by atoms with Crippen LogP contribution in [0.2, 0.25) is 0 Å². The summed E-state index contributed by atoms with van der Waals surface area (Å²) in [5, 5.41) is 4.16. The Hall–Kier alpha value is -0.940. The highest BCUT2D eigenvalue weighted by Gasteiger charge is 2.41. The number of rotatable bonds is 5. The van der Waals surface area contributed by atoms with Gasteiger partial charge in [-0.05, 0) is 31.1 Å². The average molecular weight is 281 g/mol. The van der Waals surface area contributed by atoms with Gasteiger partial charge in [0.2, 0.25) is 11.7 Å². The second kappa shape index (κ2) is 6.22. The number of hydrogen-bond acceptors (Lipinski definition) is 5. The van der Waals surface area contributed by atoms with Crippen LogP contribution < -0.4 is 5.73 Å². The predicted molar refractivity (Wildman–Crippen MR) is 77.0 cm³/mol. The fourth-order valence-electron chi connectivity index (χ4n) is 3.04. The van der Waals surface area contributed by atoms with Gasteiger partial charge >= 0.3 is 0 Å². The Bertz CT molecular complexity index is 435. The van der Waals surface area contributed by atoms with Crippen molar-refractivity contribution in [3.8, 4) is 0 Å². The van der Waals surface area contributed by atoms with Crippen molar-refractivity contribution in [2.45, 2.75) is 64.5 Å². The first-order valence-corrected chi connectivity index (χ1v) is 7.67. The van der Waals surface area contributed by atoms with Crippen LogP contribution in [0.4, 0.5) is 0 Å². The van der Waals surface area contributed by atoms with Crippen LogP contribution in [0, 0.1) is 11.8 Å². The summed E-state index contributed by atoms with van der Waals surface area (Å²) in [4.78, 5) is 4.55. The molecule has 2 N–H and O–H groups in total. The predicted octanol–water partition coefficient (Wildman–Crippen LogP) is 3.17. The average Bonchev–Trinajstić information content (AvgIpc) is 2.95. The van der Waals surface area contributed by atoms with Gasteiger partial charge < -0.3 is 15.0 Å². The number of nitrogens with two attached hydrogens (primary N) is 1. The quantitative estimate of drug-likeness (QED) is 0.897. The molecule has 1 aromatic rings. The van der Waals surface area contributed by atoms with E-state index in [1.54, 1.807) is 7.11 Å². The molecule has 5 nitrogen and oxygen atoms in total. The minimum absolute atomic E-state index is 0.198. The van der Waals surface area contributed by atoms with Gasteiger partial charge in [-0.1, -0.05) is 38.8 Å². The largest absolute Gasteiger partial charge is 0.370 e. The van der Waals surface area contributed by atoms with Crippen molar-refractivity contribution in [2.24, 2.45) is 17.6 Å². The van der Waals surface area contributed by atoms with Gasteiger partial charge in [-0.2, -0.15) is 4.98 Å². The highest BCUT2D eigenvalue weighted by molar-refractivity contribution is 5.05. The molecule has 1 saturated carbocycles. The van der Waals surface area contributed by atoms with Crippen molar-refractivity contribution in [3.05, 3.63) is 11.7 Å². The SMILES string of the molecule is CCC(C)C(N)c1nc(C2(OC)CCCC(C)C2)no1. The zero-order valence-corrected chi connectivity index (χ0v) is 13.1. The number of aromatic nitrogens is 2. The Labute approximate surface area is 121 Å². The van der Waals surface area contributed by atoms with E-state index in [0.29, 0.717) is 23.6 Å². The molecule has 20 heavy (non-hydrogen) atoms. The summed E-state index contributed by atoms with van der Waals surface area (Å²) in [6.45, 7) is 6.46. The maximum absolute atomic E-state index is 6.17. The second-order valence-corrected chi connectivity index (χ2v) is 6.27. The first kappa shape index (κ1) is 15.4. The van der Waals surface area contributed by atoms with Gasteiger partial charge in [0.05, 0.1) is 6.04 Å². The van der Waals surface area contributed by atoms with E-state index in [0.717, 1.165) is 25.7 Å². The van der Waals surface area contributed by atoms with Crippen LogP contribution in [0.5, 0.6) is 0 Å². The van der Waals surface area contributed by atoms with Crippen LogP contribution >= 0.6 is 0 Å². The van der Waals surface area contributed by atoms with E-state index in [4.69, 9.17) is 15.0 Å². The monoisotopic (exact) mass is 281 g/mol. The molecule has 1 aliphatic carbocycles. The first-order chi connectivity index (χ1) is 9.52. The van der Waals surface area contributed by atoms with Crippen LogP contribution in [-0.2, 0) is 10.3 Å². The molecule has 5 heteroatoms. The molecular weight excluding hydrogens is 254 g/mol. The van der Waals surface area contributed by atoms with Crippen LogP contribution in [-0.4, -0.2) is 17.3 Å². The van der Waals surface area contributed by atoms with Crippen molar-refractivity contribution in [1.29, 1.82) is 0 Å². The number of nitrogens with zero attached hydrogens (tertiary/aromatic N) is 2. The Morgan fingerprint density at radius 1 is 1.55 bits per heavy atom. The summed E-state index contributed by atoms with van der Waals surface area (Å²) < 4.78 is 11.2. The third-order valence-corrected chi connectivity index (χ3v) is 4.74. The van der Waals surface area contributed by atoms with Crippen molar-refractivity contribution < 1.29 is 9.26 Å². The molecule has 0 radical (unpaired) electrons. The van der Waals surface area contributed by atoms with Crippen molar-refractivity contribution in [1.82, 2.24) is 10.1 Å². The third-order valence-electron chi connectivity index (χ3n) is 4.74. The molecule has 1 aliphatic rings. The van der Waals surface area contributed by atoms with Crippen molar-refractivity contribution >= 4 is 0 Å². The topological polar surface area (TPSA) is 74.2 Å². The van der Waals surface area contributed by atoms with Crippen LogP contribution in [0.15, 0.2) is 4.52 Å². The second-order valence-electron chi connectivity index (χ2n) is 6.27. The van der Waals surface area contributed by atoms with Gasteiger partial charge in [-0.25, -0.2) is 0 Å². The Balaban J connectivity index is 2.22. The molecule has 0 saturated heterocycles. The zero-order chi connectivity index (χ0) is 14.8. The van der Waals surface area contributed by atoms with E-state index in [-0.39, 0.29) is 6.04 Å². The van der Waals surface area contributed by atoms with Gasteiger partial charge in [0.15, 0.2) is 0 Å². The van der Waals surface area contributed by atoms with Crippen LogP contribution in [0.1, 0.15) is 70.6 Å². The fraction of sp³-hybridized carbons (Fsp3) is 0.867. The van der Waals surface area contributed by atoms with Gasteiger partial charge in [-0.3, -0.25) is 0 Å². The highest BCUT2D eigenvalue weighted by atomic mass is 16.5. The molecule has 4 unspecified atom stereocenters. The minimum Gasteiger partial charge on any atom is -0.370 e. The Kier molecular flexibility index (Phi) is 4.81. The third kappa shape index (κ3) is 2.88. The molecule has 0 spiro atoms. The Morgan fingerprint density at radius 2 is 2.30 bits per heavy atom. The molecule has 2 rings (SSSR count). The Morgan fingerprint density at radius 3 is 2.90 bits per heavy atom. The van der Waals surface area contributed by atoms with E-state index in [1.165, 1.54) is 6.42 Å². The van der Waals surface area contributed by atoms with Crippen LogP contribution in [0.25, 0.3) is 0 Å². The molecule has 114 valence electrons. The van der Waals surface area contributed by atoms with E-state index in [2.05, 4.69) is 30.9 Å². The molecule has 1 aromatic heterocycles. The van der Waals surface area contributed by atoms with Gasteiger partial charge in [0.1, 0.15) is 5.60 Å². The lowest BCUT2D eigenvalue weighted by Crippen LogP contribution is -2.35. The fourth-order valence-corrected chi connectivity index (χ4v) is 3.04. The molecule has 0 aromatic carbocycles. The van der Waals surface area contributed by atoms with Crippen molar-refractivity contribution in [3.63, 3.8) is 0 Å². The smallest absolute Gasteiger partial charge is 0.243 e. The lowest BCUT2D eigenvalue weighted by atomic mass is 9.78. The molecular formula is C15H27N3O2.